The van der Waals surface area contributed by atoms with E-state index in [1.165, 1.54) is 7.11 Å². The monoisotopic (exact) mass is 200 g/mol. The number of aliphatic hydroxyl groups excluding tert-OH is 1. The van der Waals surface area contributed by atoms with Crippen LogP contribution < -0.4 is 0 Å². The van der Waals surface area contributed by atoms with Crippen LogP contribution in [-0.4, -0.2) is 24.3 Å². The molecule has 3 unspecified atom stereocenters. The Kier molecular flexibility index (Phi) is 3.20. The lowest BCUT2D eigenvalue weighted by Crippen LogP contribution is -2.38. The lowest BCUT2D eigenvalue weighted by molar-refractivity contribution is -0.155. The van der Waals surface area contributed by atoms with Gasteiger partial charge < -0.3 is 9.84 Å². The highest BCUT2D eigenvalue weighted by Crippen LogP contribution is 2.48. The molecule has 14 heavy (non-hydrogen) atoms. The Labute approximate surface area is 85.5 Å². The Morgan fingerprint density at radius 1 is 1.50 bits per heavy atom. The van der Waals surface area contributed by atoms with Crippen molar-refractivity contribution in [2.75, 3.05) is 7.11 Å². The van der Waals surface area contributed by atoms with Crippen LogP contribution >= 0.6 is 0 Å². The zero-order valence-electron chi connectivity index (χ0n) is 9.41. The highest BCUT2D eigenvalue weighted by molar-refractivity contribution is 5.74. The van der Waals surface area contributed by atoms with Crippen molar-refractivity contribution >= 4 is 5.97 Å². The summed E-state index contributed by atoms with van der Waals surface area (Å²) < 4.78 is 4.56. The van der Waals surface area contributed by atoms with Gasteiger partial charge in [0.2, 0.25) is 0 Å². The number of rotatable bonds is 2. The Morgan fingerprint density at radius 2 is 2.07 bits per heavy atom. The molecule has 0 amide bonds. The Hall–Kier alpha value is -0.570. The van der Waals surface area contributed by atoms with Crippen LogP contribution in [0.15, 0.2) is 0 Å². The molecule has 1 aliphatic carbocycles. The predicted octanol–water partition coefficient (Wildman–Crippen LogP) is 1.59. The van der Waals surface area contributed by atoms with E-state index in [0.717, 1.165) is 12.8 Å². The number of ether oxygens (including phenoxy) is 1. The molecule has 0 aromatic carbocycles. The molecule has 1 N–H and O–H groups in total. The molecule has 3 atom stereocenters. The molecule has 0 spiro atoms. The molecule has 0 aromatic rings. The minimum atomic E-state index is -0.958. The van der Waals surface area contributed by atoms with Gasteiger partial charge in [0, 0.05) is 5.92 Å². The first-order valence-electron chi connectivity index (χ1n) is 5.17. The zero-order chi connectivity index (χ0) is 10.9. The topological polar surface area (TPSA) is 46.5 Å². The van der Waals surface area contributed by atoms with Crippen molar-refractivity contribution in [3.63, 3.8) is 0 Å². The fourth-order valence-corrected chi connectivity index (χ4v) is 2.39. The lowest BCUT2D eigenvalue weighted by Gasteiger charge is -2.33. The summed E-state index contributed by atoms with van der Waals surface area (Å²) in [4.78, 5) is 11.2. The van der Waals surface area contributed by atoms with Crippen molar-refractivity contribution in [1.29, 1.82) is 0 Å². The van der Waals surface area contributed by atoms with Gasteiger partial charge in [-0.1, -0.05) is 20.8 Å². The first-order valence-corrected chi connectivity index (χ1v) is 5.17. The molecule has 0 aromatic heterocycles. The minimum absolute atomic E-state index is 0.0214. The third-order valence-corrected chi connectivity index (χ3v) is 3.96. The summed E-state index contributed by atoms with van der Waals surface area (Å²) in [7, 11) is 1.32. The fourth-order valence-electron chi connectivity index (χ4n) is 2.39. The van der Waals surface area contributed by atoms with E-state index >= 15 is 0 Å². The van der Waals surface area contributed by atoms with E-state index < -0.39 is 12.1 Å². The van der Waals surface area contributed by atoms with Crippen LogP contribution in [0, 0.1) is 17.3 Å². The second kappa shape index (κ2) is 3.89. The Bertz CT molecular complexity index is 223. The van der Waals surface area contributed by atoms with E-state index in [4.69, 9.17) is 0 Å². The van der Waals surface area contributed by atoms with Crippen molar-refractivity contribution in [3.05, 3.63) is 0 Å². The Balaban J connectivity index is 2.74. The molecule has 1 aliphatic rings. The molecular formula is C11H20O3. The van der Waals surface area contributed by atoms with Crippen molar-refractivity contribution < 1.29 is 14.6 Å². The van der Waals surface area contributed by atoms with Crippen molar-refractivity contribution in [1.82, 2.24) is 0 Å². The molecule has 3 heteroatoms. The molecule has 1 saturated carbocycles. The van der Waals surface area contributed by atoms with E-state index in [2.05, 4.69) is 25.5 Å². The maximum absolute atomic E-state index is 11.2. The number of hydrogen-bond acceptors (Lipinski definition) is 3. The zero-order valence-corrected chi connectivity index (χ0v) is 9.41. The number of aliphatic hydroxyl groups is 1. The maximum Gasteiger partial charge on any atom is 0.334 e. The van der Waals surface area contributed by atoms with E-state index in [0.29, 0.717) is 5.92 Å². The largest absolute Gasteiger partial charge is 0.467 e. The van der Waals surface area contributed by atoms with Gasteiger partial charge in [0.25, 0.3) is 0 Å². The summed E-state index contributed by atoms with van der Waals surface area (Å²) in [6.45, 7) is 6.40. The molecule has 1 rings (SSSR count). The highest BCUT2D eigenvalue weighted by atomic mass is 16.5. The Morgan fingerprint density at radius 3 is 2.43 bits per heavy atom. The molecule has 0 aliphatic heterocycles. The van der Waals surface area contributed by atoms with Gasteiger partial charge in [0.15, 0.2) is 6.10 Å². The first kappa shape index (κ1) is 11.5. The van der Waals surface area contributed by atoms with Crippen LogP contribution in [-0.2, 0) is 9.53 Å². The number of esters is 1. The van der Waals surface area contributed by atoms with Crippen molar-refractivity contribution in [3.8, 4) is 0 Å². The normalized spacial score (nSPS) is 32.6. The minimum Gasteiger partial charge on any atom is -0.467 e. The van der Waals surface area contributed by atoms with Crippen molar-refractivity contribution in [2.24, 2.45) is 17.3 Å². The second-order valence-electron chi connectivity index (χ2n) is 4.87. The van der Waals surface area contributed by atoms with E-state index in [1.54, 1.807) is 0 Å². The summed E-state index contributed by atoms with van der Waals surface area (Å²) in [5, 5.41) is 9.80. The molecular weight excluding hydrogens is 180 g/mol. The summed E-state index contributed by atoms with van der Waals surface area (Å²) in [6.07, 6.45) is 1.02. The summed E-state index contributed by atoms with van der Waals surface area (Å²) in [5.74, 6) is 0.0777. The third-order valence-electron chi connectivity index (χ3n) is 3.96. The molecule has 1 fully saturated rings. The quantitative estimate of drug-likeness (QED) is 0.689. The van der Waals surface area contributed by atoms with E-state index in [-0.39, 0.29) is 11.3 Å². The molecule has 0 heterocycles. The van der Waals surface area contributed by atoms with E-state index in [1.807, 2.05) is 0 Å². The lowest BCUT2D eigenvalue weighted by atomic mass is 9.74. The molecule has 0 bridgehead atoms. The number of carbonyl (C=O) groups is 1. The third kappa shape index (κ3) is 1.78. The van der Waals surface area contributed by atoms with Gasteiger partial charge in [-0.15, -0.1) is 0 Å². The number of hydrogen-bond donors (Lipinski definition) is 1. The first-order chi connectivity index (χ1) is 6.41. The van der Waals surface area contributed by atoms with Gasteiger partial charge in [0.05, 0.1) is 7.11 Å². The van der Waals surface area contributed by atoms with Crippen LogP contribution in [0.25, 0.3) is 0 Å². The smallest absolute Gasteiger partial charge is 0.334 e. The molecule has 0 saturated heterocycles. The summed E-state index contributed by atoms with van der Waals surface area (Å²) in [5.41, 5.74) is 0.0214. The standard InChI is InChI=1S/C11H20O3/c1-7-5-6-8(11(7,2)3)9(12)10(13)14-4/h7-9,12H,5-6H2,1-4H3. The maximum atomic E-state index is 11.2. The van der Waals surface area contributed by atoms with Gasteiger partial charge in [0.1, 0.15) is 0 Å². The van der Waals surface area contributed by atoms with Crippen LogP contribution in [0.5, 0.6) is 0 Å². The average Bonchev–Trinajstić information content (AvgIpc) is 2.40. The van der Waals surface area contributed by atoms with Crippen LogP contribution in [0.4, 0.5) is 0 Å². The van der Waals surface area contributed by atoms with Gasteiger partial charge in [-0.05, 0) is 24.2 Å². The van der Waals surface area contributed by atoms with E-state index in [9.17, 15) is 9.90 Å². The number of carbonyl (C=O) groups excluding carboxylic acids is 1. The van der Waals surface area contributed by atoms with Crippen molar-refractivity contribution in [2.45, 2.75) is 39.7 Å². The van der Waals surface area contributed by atoms with Crippen LogP contribution in [0.3, 0.4) is 0 Å². The van der Waals surface area contributed by atoms with Gasteiger partial charge in [-0.3, -0.25) is 0 Å². The SMILES string of the molecule is COC(=O)C(O)C1CCC(C)C1(C)C. The molecule has 82 valence electrons. The molecule has 3 nitrogen and oxygen atoms in total. The highest BCUT2D eigenvalue weighted by Gasteiger charge is 2.46. The number of methoxy groups -OCH3 is 1. The summed E-state index contributed by atoms with van der Waals surface area (Å²) in [6, 6.07) is 0. The second-order valence-corrected chi connectivity index (χ2v) is 4.87. The fraction of sp³-hybridized carbons (Fsp3) is 0.909. The predicted molar refractivity (Wildman–Crippen MR) is 53.7 cm³/mol. The molecule has 0 radical (unpaired) electrons. The van der Waals surface area contributed by atoms with Gasteiger partial charge in [-0.25, -0.2) is 4.79 Å². The van der Waals surface area contributed by atoms with Crippen LogP contribution in [0.2, 0.25) is 0 Å². The summed E-state index contributed by atoms with van der Waals surface area (Å²) >= 11 is 0. The van der Waals surface area contributed by atoms with Crippen LogP contribution in [0.1, 0.15) is 33.6 Å². The average molecular weight is 200 g/mol. The van der Waals surface area contributed by atoms with Gasteiger partial charge in [-0.2, -0.15) is 0 Å². The van der Waals surface area contributed by atoms with Gasteiger partial charge >= 0.3 is 5.97 Å².